The predicted octanol–water partition coefficient (Wildman–Crippen LogP) is 3.87. The topological polar surface area (TPSA) is 75.4 Å². The summed E-state index contributed by atoms with van der Waals surface area (Å²) in [6, 6.07) is 9.67. The molecule has 20 heavy (non-hydrogen) atoms. The average Bonchev–Trinajstić information content (AvgIpc) is 2.41. The lowest BCUT2D eigenvalue weighted by atomic mass is 10.1. The van der Waals surface area contributed by atoms with E-state index >= 15 is 0 Å². The molecule has 0 aliphatic rings. The summed E-state index contributed by atoms with van der Waals surface area (Å²) in [5, 5.41) is 23.9. The molecule has 0 aliphatic heterocycles. The molecule has 0 aliphatic carbocycles. The van der Waals surface area contributed by atoms with Crippen LogP contribution in [0.15, 0.2) is 36.4 Å². The van der Waals surface area contributed by atoms with Crippen molar-refractivity contribution in [2.24, 2.45) is 0 Å². The summed E-state index contributed by atoms with van der Waals surface area (Å²) in [5.41, 5.74) is 2.19. The van der Waals surface area contributed by atoms with Crippen molar-refractivity contribution in [2.45, 2.75) is 13.5 Å². The van der Waals surface area contributed by atoms with E-state index in [1.165, 1.54) is 12.1 Å². The van der Waals surface area contributed by atoms with Gasteiger partial charge in [0, 0.05) is 29.9 Å². The normalized spacial score (nSPS) is 10.3. The van der Waals surface area contributed by atoms with Gasteiger partial charge in [0.25, 0.3) is 5.69 Å². The zero-order chi connectivity index (χ0) is 14.7. The molecular weight excluding hydrogens is 280 g/mol. The Bertz CT molecular complexity index is 659. The second-order valence-electron chi connectivity index (χ2n) is 4.36. The van der Waals surface area contributed by atoms with Crippen molar-refractivity contribution in [1.82, 2.24) is 0 Å². The van der Waals surface area contributed by atoms with Gasteiger partial charge < -0.3 is 10.4 Å². The molecule has 0 aromatic heterocycles. The molecule has 0 heterocycles. The van der Waals surface area contributed by atoms with E-state index < -0.39 is 4.92 Å². The molecule has 2 rings (SSSR count). The van der Waals surface area contributed by atoms with Crippen LogP contribution in [0.5, 0.6) is 5.75 Å². The van der Waals surface area contributed by atoms with Gasteiger partial charge >= 0.3 is 0 Å². The molecule has 2 aromatic rings. The Balaban J connectivity index is 2.20. The predicted molar refractivity (Wildman–Crippen MR) is 78.3 cm³/mol. The van der Waals surface area contributed by atoms with Crippen molar-refractivity contribution < 1.29 is 10.0 Å². The first kappa shape index (κ1) is 14.1. The fourth-order valence-electron chi connectivity index (χ4n) is 1.81. The summed E-state index contributed by atoms with van der Waals surface area (Å²) in [7, 11) is 0. The summed E-state index contributed by atoms with van der Waals surface area (Å²) in [5.74, 6) is 0.0183. The number of nitro groups is 1. The summed E-state index contributed by atoms with van der Waals surface area (Å²) in [6.45, 7) is 2.18. The second-order valence-corrected chi connectivity index (χ2v) is 4.76. The molecule has 0 bridgehead atoms. The van der Waals surface area contributed by atoms with Crippen molar-refractivity contribution in [3.63, 3.8) is 0 Å². The van der Waals surface area contributed by atoms with Crippen LogP contribution < -0.4 is 5.32 Å². The van der Waals surface area contributed by atoms with Gasteiger partial charge in [-0.25, -0.2) is 0 Å². The zero-order valence-corrected chi connectivity index (χ0v) is 11.5. The number of nitro benzene ring substituents is 1. The number of hydrogen-bond donors (Lipinski definition) is 2. The molecule has 0 unspecified atom stereocenters. The molecule has 2 aromatic carbocycles. The number of nitrogens with zero attached hydrogens (tertiary/aromatic N) is 1. The monoisotopic (exact) mass is 292 g/mol. The Morgan fingerprint density at radius 3 is 2.80 bits per heavy atom. The van der Waals surface area contributed by atoms with Gasteiger partial charge in [0.1, 0.15) is 5.75 Å². The van der Waals surface area contributed by atoms with Crippen molar-refractivity contribution in [1.29, 1.82) is 0 Å². The molecule has 0 atom stereocenters. The van der Waals surface area contributed by atoms with Gasteiger partial charge in [-0.05, 0) is 18.6 Å². The Kier molecular flexibility index (Phi) is 4.10. The lowest BCUT2D eigenvalue weighted by molar-refractivity contribution is -0.384. The molecule has 0 saturated carbocycles. The molecule has 104 valence electrons. The highest BCUT2D eigenvalue weighted by Gasteiger charge is 2.10. The maximum atomic E-state index is 10.8. The fraction of sp³-hybridized carbons (Fsp3) is 0.143. The number of anilines is 1. The largest absolute Gasteiger partial charge is 0.506 e. The van der Waals surface area contributed by atoms with Gasteiger partial charge in [-0.3, -0.25) is 10.1 Å². The van der Waals surface area contributed by atoms with E-state index in [1.54, 1.807) is 24.3 Å². The summed E-state index contributed by atoms with van der Waals surface area (Å²) in [4.78, 5) is 10.3. The van der Waals surface area contributed by atoms with Crippen LogP contribution in [0.25, 0.3) is 0 Å². The molecule has 0 saturated heterocycles. The van der Waals surface area contributed by atoms with E-state index in [2.05, 4.69) is 5.32 Å². The second kappa shape index (κ2) is 5.79. The highest BCUT2D eigenvalue weighted by Crippen LogP contribution is 2.28. The smallest absolute Gasteiger partial charge is 0.271 e. The summed E-state index contributed by atoms with van der Waals surface area (Å²) < 4.78 is 0. The Morgan fingerprint density at radius 1 is 1.35 bits per heavy atom. The van der Waals surface area contributed by atoms with Crippen molar-refractivity contribution >= 4 is 23.0 Å². The van der Waals surface area contributed by atoms with Crippen molar-refractivity contribution in [2.75, 3.05) is 5.32 Å². The third-order valence-electron chi connectivity index (χ3n) is 2.97. The minimum atomic E-state index is -0.443. The van der Waals surface area contributed by atoms with Gasteiger partial charge in [-0.2, -0.15) is 0 Å². The third kappa shape index (κ3) is 3.00. The number of non-ortho nitro benzene ring substituents is 1. The number of rotatable bonds is 4. The summed E-state index contributed by atoms with van der Waals surface area (Å²) in [6.07, 6.45) is 0. The maximum Gasteiger partial charge on any atom is 0.271 e. The molecule has 5 nitrogen and oxygen atoms in total. The van der Waals surface area contributed by atoms with Crippen LogP contribution in [-0.4, -0.2) is 10.0 Å². The van der Waals surface area contributed by atoms with Crippen molar-refractivity contribution in [3.05, 3.63) is 62.7 Å². The van der Waals surface area contributed by atoms with E-state index in [4.69, 9.17) is 11.6 Å². The van der Waals surface area contributed by atoms with E-state index in [0.29, 0.717) is 17.8 Å². The Labute approximate surface area is 121 Å². The van der Waals surface area contributed by atoms with Crippen LogP contribution in [-0.2, 0) is 6.54 Å². The van der Waals surface area contributed by atoms with E-state index in [0.717, 1.165) is 5.56 Å². The number of aromatic hydroxyl groups is 1. The van der Waals surface area contributed by atoms with Gasteiger partial charge in [0.2, 0.25) is 0 Å². The van der Waals surface area contributed by atoms with Gasteiger partial charge in [-0.1, -0.05) is 29.8 Å². The number of nitrogens with one attached hydrogen (secondary N) is 1. The number of hydrogen-bond acceptors (Lipinski definition) is 4. The van der Waals surface area contributed by atoms with E-state index in [1.807, 2.05) is 6.92 Å². The van der Waals surface area contributed by atoms with E-state index in [-0.39, 0.29) is 16.5 Å². The highest BCUT2D eigenvalue weighted by atomic mass is 35.5. The van der Waals surface area contributed by atoms with Crippen LogP contribution in [0.4, 0.5) is 11.4 Å². The van der Waals surface area contributed by atoms with Crippen LogP contribution in [0.1, 0.15) is 11.1 Å². The molecule has 0 radical (unpaired) electrons. The fourth-order valence-corrected chi connectivity index (χ4v) is 2.00. The Morgan fingerprint density at radius 2 is 2.10 bits per heavy atom. The number of halogens is 1. The molecular formula is C14H13ClN2O3. The van der Waals surface area contributed by atoms with Crippen LogP contribution in [0, 0.1) is 17.0 Å². The van der Waals surface area contributed by atoms with E-state index in [9.17, 15) is 15.2 Å². The van der Waals surface area contributed by atoms with Crippen LogP contribution >= 0.6 is 11.6 Å². The number of phenolic OH excluding ortho intramolecular Hbond substituents is 1. The van der Waals surface area contributed by atoms with Crippen molar-refractivity contribution in [3.8, 4) is 5.75 Å². The molecule has 0 fully saturated rings. The number of para-hydroxylation sites is 1. The van der Waals surface area contributed by atoms with Gasteiger partial charge in [0.15, 0.2) is 0 Å². The zero-order valence-electron chi connectivity index (χ0n) is 10.8. The first-order valence-electron chi connectivity index (χ1n) is 5.94. The minimum Gasteiger partial charge on any atom is -0.506 e. The first-order valence-corrected chi connectivity index (χ1v) is 6.32. The third-order valence-corrected chi connectivity index (χ3v) is 3.28. The quantitative estimate of drug-likeness (QED) is 0.662. The lowest BCUT2D eigenvalue weighted by Gasteiger charge is -2.11. The Hall–Kier alpha value is -2.27. The van der Waals surface area contributed by atoms with Gasteiger partial charge in [-0.15, -0.1) is 0 Å². The van der Waals surface area contributed by atoms with Crippen LogP contribution in [0.2, 0.25) is 5.02 Å². The van der Waals surface area contributed by atoms with Gasteiger partial charge in [0.05, 0.1) is 9.95 Å². The SMILES string of the molecule is Cc1ccc([N+](=O)[O-])cc1NCc1cccc(Cl)c1O. The lowest BCUT2D eigenvalue weighted by Crippen LogP contribution is -2.02. The number of benzene rings is 2. The average molecular weight is 293 g/mol. The maximum absolute atomic E-state index is 10.8. The summed E-state index contributed by atoms with van der Waals surface area (Å²) >= 11 is 5.83. The minimum absolute atomic E-state index is 0.0183. The highest BCUT2D eigenvalue weighted by molar-refractivity contribution is 6.32. The molecule has 6 heteroatoms. The molecule has 2 N–H and O–H groups in total. The first-order chi connectivity index (χ1) is 9.49. The number of phenols is 1. The van der Waals surface area contributed by atoms with Crippen LogP contribution in [0.3, 0.4) is 0 Å². The number of aryl methyl sites for hydroxylation is 1. The molecule has 0 amide bonds. The standard InChI is InChI=1S/C14H13ClN2O3/c1-9-5-6-11(17(19)20)7-13(9)16-8-10-3-2-4-12(15)14(10)18/h2-7,16,18H,8H2,1H3. The molecule has 0 spiro atoms.